The number of para-hydroxylation sites is 1. The van der Waals surface area contributed by atoms with E-state index in [1.54, 1.807) is 50.1 Å². The van der Waals surface area contributed by atoms with E-state index in [0.717, 1.165) is 0 Å². The summed E-state index contributed by atoms with van der Waals surface area (Å²) in [6, 6.07) is 11.8. The number of rotatable bonds is 8. The molecule has 13 heteroatoms. The Morgan fingerprint density at radius 3 is 2.56 bits per heavy atom. The van der Waals surface area contributed by atoms with Crippen molar-refractivity contribution in [2.24, 2.45) is 13.0 Å². The van der Waals surface area contributed by atoms with Crippen LogP contribution in [0.2, 0.25) is 5.02 Å². The SMILES string of the molecule is Cc1cc(C(=O)Nc2cccc3c2O[C@@H](CN(C)S(=O)(=O)c2ccc(Cl)cc2)[C@@H](C)CN([C@@H](C)CO)C3=O)n(C)n1. The van der Waals surface area contributed by atoms with Crippen molar-refractivity contribution in [3.63, 3.8) is 0 Å². The highest BCUT2D eigenvalue weighted by Gasteiger charge is 2.36. The molecule has 0 fully saturated rings. The minimum atomic E-state index is -3.90. The number of ether oxygens (including phenoxy) is 1. The molecular formula is C28H34ClN5O6S. The zero-order valence-corrected chi connectivity index (χ0v) is 25.1. The first kappa shape index (κ1) is 30.5. The van der Waals surface area contributed by atoms with Gasteiger partial charge in [0.15, 0.2) is 5.75 Å². The van der Waals surface area contributed by atoms with Gasteiger partial charge in [-0.2, -0.15) is 9.40 Å². The maximum Gasteiger partial charge on any atom is 0.274 e. The summed E-state index contributed by atoms with van der Waals surface area (Å²) in [5.41, 5.74) is 1.41. The van der Waals surface area contributed by atoms with Crippen molar-refractivity contribution in [2.45, 2.75) is 37.8 Å². The fraction of sp³-hybridized carbons (Fsp3) is 0.393. The van der Waals surface area contributed by atoms with Crippen LogP contribution in [0.4, 0.5) is 5.69 Å². The van der Waals surface area contributed by atoms with E-state index in [9.17, 15) is 23.1 Å². The Labute approximate surface area is 244 Å². The molecule has 2 aromatic carbocycles. The minimum absolute atomic E-state index is 0.0513. The topological polar surface area (TPSA) is 134 Å². The number of aromatic nitrogens is 2. The van der Waals surface area contributed by atoms with Gasteiger partial charge in [0.25, 0.3) is 11.8 Å². The van der Waals surface area contributed by atoms with E-state index in [0.29, 0.717) is 16.4 Å². The summed E-state index contributed by atoms with van der Waals surface area (Å²) >= 11 is 5.95. The van der Waals surface area contributed by atoms with E-state index >= 15 is 0 Å². The zero-order chi connectivity index (χ0) is 30.1. The molecule has 1 aromatic heterocycles. The second-order valence-corrected chi connectivity index (χ2v) is 12.8. The van der Waals surface area contributed by atoms with Crippen LogP contribution in [0.15, 0.2) is 53.4 Å². The summed E-state index contributed by atoms with van der Waals surface area (Å²) in [5.74, 6) is -1.06. The molecule has 3 aromatic rings. The molecule has 2 amide bonds. The molecule has 1 aliphatic rings. The van der Waals surface area contributed by atoms with Crippen LogP contribution >= 0.6 is 11.6 Å². The summed E-state index contributed by atoms with van der Waals surface area (Å²) in [4.78, 5) is 28.5. The molecule has 0 aliphatic carbocycles. The van der Waals surface area contributed by atoms with Crippen LogP contribution < -0.4 is 10.1 Å². The van der Waals surface area contributed by atoms with E-state index in [1.807, 2.05) is 6.92 Å². The summed E-state index contributed by atoms with van der Waals surface area (Å²) in [6.07, 6.45) is -0.723. The van der Waals surface area contributed by atoms with E-state index in [1.165, 1.54) is 40.3 Å². The lowest BCUT2D eigenvalue weighted by molar-refractivity contribution is 0.0388. The quantitative estimate of drug-likeness (QED) is 0.404. The number of sulfonamides is 1. The third kappa shape index (κ3) is 6.40. The molecule has 3 atom stereocenters. The summed E-state index contributed by atoms with van der Waals surface area (Å²) in [5, 5.41) is 17.4. The lowest BCUT2D eigenvalue weighted by atomic mass is 9.99. The standard InChI is InChI=1S/C28H34ClN5O6S/c1-17-14-34(19(3)16-35)28(37)22-7-6-8-23(30-27(36)24-13-18(2)31-33(24)5)26(22)40-25(17)15-32(4)41(38,39)21-11-9-20(29)10-12-21/h6-13,17,19,25,35H,14-16H2,1-5H3,(H,30,36)/t17-,19-,25-/m0/s1. The number of hydrogen-bond acceptors (Lipinski definition) is 7. The van der Waals surface area contributed by atoms with Crippen molar-refractivity contribution in [3.8, 4) is 5.75 Å². The number of nitrogens with one attached hydrogen (secondary N) is 1. The summed E-state index contributed by atoms with van der Waals surface area (Å²) < 4.78 is 35.8. The first-order chi connectivity index (χ1) is 19.3. The van der Waals surface area contributed by atoms with Gasteiger partial charge in [0.05, 0.1) is 41.0 Å². The summed E-state index contributed by atoms with van der Waals surface area (Å²) in [7, 11) is -0.786. The highest BCUT2D eigenvalue weighted by molar-refractivity contribution is 7.89. The zero-order valence-electron chi connectivity index (χ0n) is 23.5. The van der Waals surface area contributed by atoms with Gasteiger partial charge in [0.2, 0.25) is 10.0 Å². The van der Waals surface area contributed by atoms with Gasteiger partial charge < -0.3 is 20.1 Å². The molecule has 2 N–H and O–H groups in total. The fourth-order valence-corrected chi connectivity index (χ4v) is 6.02. The number of benzene rings is 2. The molecule has 0 bridgehead atoms. The number of carbonyl (C=O) groups excluding carboxylic acids is 2. The molecular weight excluding hydrogens is 570 g/mol. The second kappa shape index (κ2) is 12.2. The van der Waals surface area contributed by atoms with Crippen molar-refractivity contribution in [3.05, 3.63) is 70.5 Å². The van der Waals surface area contributed by atoms with Crippen LogP contribution in [0.5, 0.6) is 5.75 Å². The first-order valence-electron chi connectivity index (χ1n) is 13.1. The van der Waals surface area contributed by atoms with Crippen LogP contribution in [-0.2, 0) is 17.1 Å². The Morgan fingerprint density at radius 1 is 1.27 bits per heavy atom. The largest absolute Gasteiger partial charge is 0.486 e. The van der Waals surface area contributed by atoms with Gasteiger partial charge in [-0.05, 0) is 56.3 Å². The molecule has 2 heterocycles. The molecule has 0 radical (unpaired) electrons. The average Bonchev–Trinajstić information content (AvgIpc) is 3.28. The van der Waals surface area contributed by atoms with E-state index in [-0.39, 0.29) is 53.4 Å². The van der Waals surface area contributed by atoms with E-state index < -0.39 is 28.1 Å². The number of nitrogens with zero attached hydrogens (tertiary/aromatic N) is 4. The van der Waals surface area contributed by atoms with E-state index in [2.05, 4.69) is 10.4 Å². The van der Waals surface area contributed by atoms with Crippen molar-refractivity contribution in [1.82, 2.24) is 19.0 Å². The fourth-order valence-electron chi connectivity index (χ4n) is 4.71. The molecule has 0 saturated heterocycles. The number of aryl methyl sites for hydroxylation is 2. The molecule has 220 valence electrons. The van der Waals surface area contributed by atoms with Crippen molar-refractivity contribution in [2.75, 3.05) is 32.1 Å². The Morgan fingerprint density at radius 2 is 1.95 bits per heavy atom. The number of hydrogen-bond donors (Lipinski definition) is 2. The number of amides is 2. The molecule has 4 rings (SSSR count). The highest BCUT2D eigenvalue weighted by atomic mass is 35.5. The molecule has 41 heavy (non-hydrogen) atoms. The first-order valence-corrected chi connectivity index (χ1v) is 14.9. The molecule has 0 unspecified atom stereocenters. The highest BCUT2D eigenvalue weighted by Crippen LogP contribution is 2.35. The van der Waals surface area contributed by atoms with Crippen LogP contribution in [0.25, 0.3) is 0 Å². The number of anilines is 1. The van der Waals surface area contributed by atoms with Crippen molar-refractivity contribution < 1.29 is 27.9 Å². The molecule has 0 saturated carbocycles. The normalized spacial score (nSPS) is 18.3. The van der Waals surface area contributed by atoms with Gasteiger partial charge in [0.1, 0.15) is 11.8 Å². The van der Waals surface area contributed by atoms with Gasteiger partial charge in [-0.3, -0.25) is 14.3 Å². The van der Waals surface area contributed by atoms with Gasteiger partial charge in [-0.15, -0.1) is 0 Å². The predicted molar refractivity (Wildman–Crippen MR) is 155 cm³/mol. The number of likely N-dealkylation sites (N-methyl/N-ethyl adjacent to an activating group) is 1. The lowest BCUT2D eigenvalue weighted by Crippen LogP contribution is -2.50. The molecule has 0 spiro atoms. The third-order valence-corrected chi connectivity index (χ3v) is 9.22. The maximum absolute atomic E-state index is 13.7. The van der Waals surface area contributed by atoms with E-state index in [4.69, 9.17) is 16.3 Å². The Hall–Kier alpha value is -3.45. The predicted octanol–water partition coefficient (Wildman–Crippen LogP) is 3.18. The summed E-state index contributed by atoms with van der Waals surface area (Å²) in [6.45, 7) is 5.25. The van der Waals surface area contributed by atoms with Gasteiger partial charge in [-0.1, -0.05) is 24.6 Å². The number of halogens is 1. The maximum atomic E-state index is 13.7. The van der Waals surface area contributed by atoms with Gasteiger partial charge in [-0.25, -0.2) is 8.42 Å². The van der Waals surface area contributed by atoms with Crippen LogP contribution in [-0.4, -0.2) is 83.2 Å². The Kier molecular flexibility index (Phi) is 9.07. The van der Waals surface area contributed by atoms with Crippen LogP contribution in [0.3, 0.4) is 0 Å². The average molecular weight is 604 g/mol. The molecule has 1 aliphatic heterocycles. The smallest absolute Gasteiger partial charge is 0.274 e. The van der Waals surface area contributed by atoms with Crippen LogP contribution in [0, 0.1) is 12.8 Å². The number of carbonyl (C=O) groups is 2. The minimum Gasteiger partial charge on any atom is -0.486 e. The number of aliphatic hydroxyl groups is 1. The van der Waals surface area contributed by atoms with Crippen molar-refractivity contribution >= 4 is 39.1 Å². The van der Waals surface area contributed by atoms with Crippen LogP contribution in [0.1, 0.15) is 40.4 Å². The Balaban J connectivity index is 1.73. The second-order valence-electron chi connectivity index (χ2n) is 10.3. The number of aliphatic hydroxyl groups excluding tert-OH is 1. The monoisotopic (exact) mass is 603 g/mol. The lowest BCUT2D eigenvalue weighted by Gasteiger charge is -2.38. The van der Waals surface area contributed by atoms with Gasteiger partial charge >= 0.3 is 0 Å². The van der Waals surface area contributed by atoms with Gasteiger partial charge in [0, 0.05) is 31.6 Å². The number of fused-ring (bicyclic) bond motifs is 1. The Bertz CT molecular complexity index is 1540. The third-order valence-electron chi connectivity index (χ3n) is 7.13. The molecule has 11 nitrogen and oxygen atoms in total. The van der Waals surface area contributed by atoms with Crippen molar-refractivity contribution in [1.29, 1.82) is 0 Å².